The Hall–Kier alpha value is -0.220. The molecular formula is C4H7NO2S. The summed E-state index contributed by atoms with van der Waals surface area (Å²) in [7, 11) is 0. The van der Waals surface area contributed by atoms with E-state index in [1.54, 1.807) is 5.32 Å². The SMILES string of the molecule is O=C([O-])[C@@H]1[NH2+]CCS1. The van der Waals surface area contributed by atoms with E-state index in [1.807, 2.05) is 0 Å². The van der Waals surface area contributed by atoms with E-state index in [2.05, 4.69) is 0 Å². The fraction of sp³-hybridized carbons (Fsp3) is 0.750. The molecule has 3 nitrogen and oxygen atoms in total. The Balaban J connectivity index is 2.35. The Bertz CT molecular complexity index is 100. The maximum Gasteiger partial charge on any atom is 0.173 e. The standard InChI is InChI=1S/C4H7NO2S/c6-4(7)3-5-1-2-8-3/h3,5H,1-2H2,(H,6,7)/t3-/m1/s1. The maximum atomic E-state index is 10.0. The summed E-state index contributed by atoms with van der Waals surface area (Å²) >= 11 is 1.43. The second-order valence-corrected chi connectivity index (χ2v) is 2.88. The van der Waals surface area contributed by atoms with Crippen molar-refractivity contribution in [3.05, 3.63) is 0 Å². The number of hydrogen-bond acceptors (Lipinski definition) is 3. The third-order valence-electron chi connectivity index (χ3n) is 1.03. The van der Waals surface area contributed by atoms with Crippen molar-refractivity contribution >= 4 is 17.7 Å². The molecule has 0 bridgehead atoms. The normalized spacial score (nSPS) is 28.2. The number of carbonyl (C=O) groups is 1. The van der Waals surface area contributed by atoms with Gasteiger partial charge in [-0.2, -0.15) is 0 Å². The topological polar surface area (TPSA) is 56.7 Å². The number of carboxylic acids is 1. The van der Waals surface area contributed by atoms with E-state index in [0.717, 1.165) is 12.3 Å². The zero-order valence-corrected chi connectivity index (χ0v) is 5.11. The smallest absolute Gasteiger partial charge is 0.173 e. The molecule has 0 amide bonds. The second kappa shape index (κ2) is 2.37. The molecular weight excluding hydrogens is 126 g/mol. The molecule has 0 unspecified atom stereocenters. The molecule has 0 aromatic heterocycles. The molecule has 1 heterocycles. The van der Waals surface area contributed by atoms with Gasteiger partial charge < -0.3 is 15.2 Å². The van der Waals surface area contributed by atoms with Gasteiger partial charge in [-0.3, -0.25) is 0 Å². The Morgan fingerprint density at radius 3 is 2.88 bits per heavy atom. The molecule has 0 saturated carbocycles. The van der Waals surface area contributed by atoms with Crippen LogP contribution in [0.15, 0.2) is 0 Å². The lowest BCUT2D eigenvalue weighted by molar-refractivity contribution is -0.652. The van der Waals surface area contributed by atoms with E-state index < -0.39 is 5.97 Å². The van der Waals surface area contributed by atoms with Crippen LogP contribution in [0.2, 0.25) is 0 Å². The van der Waals surface area contributed by atoms with Crippen LogP contribution in [0.4, 0.5) is 0 Å². The zero-order valence-electron chi connectivity index (χ0n) is 4.29. The van der Waals surface area contributed by atoms with E-state index in [4.69, 9.17) is 0 Å². The van der Waals surface area contributed by atoms with E-state index in [-0.39, 0.29) is 5.37 Å². The minimum Gasteiger partial charge on any atom is -0.543 e. The zero-order chi connectivity index (χ0) is 5.98. The lowest BCUT2D eigenvalue weighted by Gasteiger charge is -2.04. The van der Waals surface area contributed by atoms with Crippen LogP contribution in [-0.4, -0.2) is 23.6 Å². The van der Waals surface area contributed by atoms with Crippen molar-refractivity contribution in [1.82, 2.24) is 0 Å². The van der Waals surface area contributed by atoms with Crippen molar-refractivity contribution in [1.29, 1.82) is 0 Å². The van der Waals surface area contributed by atoms with E-state index in [9.17, 15) is 9.90 Å². The number of carboxylic acid groups (broad SMARTS) is 1. The second-order valence-electron chi connectivity index (χ2n) is 1.63. The van der Waals surface area contributed by atoms with Gasteiger partial charge in [0.1, 0.15) is 5.97 Å². The van der Waals surface area contributed by atoms with Gasteiger partial charge in [-0.15, -0.1) is 0 Å². The van der Waals surface area contributed by atoms with Crippen molar-refractivity contribution in [2.75, 3.05) is 12.3 Å². The van der Waals surface area contributed by atoms with Gasteiger partial charge in [-0.1, -0.05) is 11.8 Å². The molecule has 1 aliphatic heterocycles. The Morgan fingerprint density at radius 1 is 1.88 bits per heavy atom. The molecule has 46 valence electrons. The lowest BCUT2D eigenvalue weighted by atomic mass is 10.6. The highest BCUT2D eigenvalue weighted by Gasteiger charge is 2.18. The van der Waals surface area contributed by atoms with Crippen LogP contribution in [0.3, 0.4) is 0 Å². The van der Waals surface area contributed by atoms with Crippen LogP contribution in [0.5, 0.6) is 0 Å². The van der Waals surface area contributed by atoms with Crippen LogP contribution in [0.25, 0.3) is 0 Å². The van der Waals surface area contributed by atoms with E-state index in [1.165, 1.54) is 11.8 Å². The van der Waals surface area contributed by atoms with Gasteiger partial charge in [-0.25, -0.2) is 0 Å². The van der Waals surface area contributed by atoms with Gasteiger partial charge in [0.15, 0.2) is 5.37 Å². The summed E-state index contributed by atoms with van der Waals surface area (Å²) in [6.07, 6.45) is 0. The molecule has 1 aliphatic rings. The molecule has 1 atom stereocenters. The van der Waals surface area contributed by atoms with Gasteiger partial charge in [0.05, 0.1) is 6.54 Å². The van der Waals surface area contributed by atoms with E-state index in [0.29, 0.717) is 0 Å². The highest BCUT2D eigenvalue weighted by Crippen LogP contribution is 2.05. The highest BCUT2D eigenvalue weighted by molar-refractivity contribution is 8.00. The molecule has 0 aromatic rings. The first kappa shape index (κ1) is 5.91. The maximum absolute atomic E-state index is 10.0. The summed E-state index contributed by atoms with van der Waals surface area (Å²) in [6.45, 7) is 0.906. The molecule has 0 aromatic carbocycles. The summed E-state index contributed by atoms with van der Waals surface area (Å²) < 4.78 is 0. The number of quaternary nitrogens is 1. The molecule has 1 rings (SSSR count). The van der Waals surface area contributed by atoms with Crippen molar-refractivity contribution in [2.24, 2.45) is 0 Å². The van der Waals surface area contributed by atoms with Crippen LogP contribution in [0.1, 0.15) is 0 Å². The fourth-order valence-electron chi connectivity index (χ4n) is 0.647. The van der Waals surface area contributed by atoms with Gasteiger partial charge in [-0.05, 0) is 0 Å². The van der Waals surface area contributed by atoms with Crippen molar-refractivity contribution in [3.8, 4) is 0 Å². The first-order chi connectivity index (χ1) is 3.80. The summed E-state index contributed by atoms with van der Waals surface area (Å²) in [5.74, 6) is -0.0222. The molecule has 2 N–H and O–H groups in total. The van der Waals surface area contributed by atoms with Crippen molar-refractivity contribution in [2.45, 2.75) is 5.37 Å². The Morgan fingerprint density at radius 2 is 2.62 bits per heavy atom. The Labute approximate surface area is 51.5 Å². The number of aliphatic carboxylic acids is 1. The van der Waals surface area contributed by atoms with Crippen LogP contribution < -0.4 is 10.4 Å². The number of carbonyl (C=O) groups excluding carboxylic acids is 1. The van der Waals surface area contributed by atoms with Gasteiger partial charge in [0.2, 0.25) is 0 Å². The molecule has 1 fully saturated rings. The third-order valence-corrected chi connectivity index (χ3v) is 2.24. The largest absolute Gasteiger partial charge is 0.543 e. The minimum absolute atomic E-state index is 0.338. The third kappa shape index (κ3) is 1.14. The fourth-order valence-corrected chi connectivity index (χ4v) is 1.58. The molecule has 8 heavy (non-hydrogen) atoms. The van der Waals surface area contributed by atoms with Crippen LogP contribution in [0, 0.1) is 0 Å². The highest BCUT2D eigenvalue weighted by atomic mass is 32.2. The molecule has 0 aliphatic carbocycles. The van der Waals surface area contributed by atoms with Gasteiger partial charge in [0.25, 0.3) is 0 Å². The van der Waals surface area contributed by atoms with Gasteiger partial charge >= 0.3 is 0 Å². The predicted molar refractivity (Wildman–Crippen MR) is 28.0 cm³/mol. The molecule has 0 spiro atoms. The average Bonchev–Trinajstić information content (AvgIpc) is 2.12. The predicted octanol–water partition coefficient (Wildman–Crippen LogP) is -2.63. The first-order valence-electron chi connectivity index (χ1n) is 2.46. The monoisotopic (exact) mass is 133 g/mol. The number of thioether (sulfide) groups is 1. The van der Waals surface area contributed by atoms with Crippen LogP contribution >= 0.6 is 11.8 Å². The van der Waals surface area contributed by atoms with Crippen molar-refractivity contribution in [3.63, 3.8) is 0 Å². The number of nitrogens with two attached hydrogens (primary N) is 1. The Kier molecular flexibility index (Phi) is 1.75. The first-order valence-corrected chi connectivity index (χ1v) is 3.51. The molecule has 1 saturated heterocycles. The van der Waals surface area contributed by atoms with Crippen molar-refractivity contribution < 1.29 is 15.2 Å². The van der Waals surface area contributed by atoms with Crippen LogP contribution in [-0.2, 0) is 4.79 Å². The van der Waals surface area contributed by atoms with E-state index >= 15 is 0 Å². The molecule has 4 heteroatoms. The summed E-state index contributed by atoms with van der Waals surface area (Å²) in [5, 5.41) is 11.5. The quantitative estimate of drug-likeness (QED) is 0.426. The number of rotatable bonds is 1. The minimum atomic E-state index is -0.951. The summed E-state index contributed by atoms with van der Waals surface area (Å²) in [6, 6.07) is 0. The average molecular weight is 133 g/mol. The molecule has 0 radical (unpaired) electrons. The summed E-state index contributed by atoms with van der Waals surface area (Å²) in [5.41, 5.74) is 0. The lowest BCUT2D eigenvalue weighted by Crippen LogP contribution is -2.89. The summed E-state index contributed by atoms with van der Waals surface area (Å²) in [4.78, 5) is 10.0. The number of hydrogen-bond donors (Lipinski definition) is 1. The van der Waals surface area contributed by atoms with Gasteiger partial charge in [0, 0.05) is 5.75 Å².